The van der Waals surface area contributed by atoms with Gasteiger partial charge in [0.25, 0.3) is 0 Å². The summed E-state index contributed by atoms with van der Waals surface area (Å²) >= 11 is 1.46. The van der Waals surface area contributed by atoms with E-state index >= 15 is 0 Å². The number of rotatable bonds is 6. The van der Waals surface area contributed by atoms with Gasteiger partial charge in [-0.2, -0.15) is 0 Å². The van der Waals surface area contributed by atoms with E-state index in [1.165, 1.54) is 11.8 Å². The molecule has 0 radical (unpaired) electrons. The Bertz CT molecular complexity index is 551. The van der Waals surface area contributed by atoms with Crippen molar-refractivity contribution in [3.8, 4) is 5.75 Å². The molecule has 0 bridgehead atoms. The van der Waals surface area contributed by atoms with E-state index in [1.54, 1.807) is 6.33 Å². The maximum atomic E-state index is 9.98. The van der Waals surface area contributed by atoms with Gasteiger partial charge in [0.15, 0.2) is 5.16 Å². The summed E-state index contributed by atoms with van der Waals surface area (Å²) in [6.07, 6.45) is 1.10. The number of hydrogen-bond donors (Lipinski definition) is 1. The minimum atomic E-state index is -0.546. The number of aromatic nitrogens is 3. The minimum absolute atomic E-state index is 0.274. The van der Waals surface area contributed by atoms with Crippen molar-refractivity contribution in [2.24, 2.45) is 7.05 Å². The Morgan fingerprint density at radius 1 is 1.35 bits per heavy atom. The SMILES string of the molecule is Cc1cccc(C)c1OC[C@H](O)CSc1nncn1C. The van der Waals surface area contributed by atoms with Crippen molar-refractivity contribution < 1.29 is 9.84 Å². The lowest BCUT2D eigenvalue weighted by Crippen LogP contribution is -2.21. The molecule has 5 nitrogen and oxygen atoms in total. The first-order valence-corrected chi connectivity index (χ1v) is 7.40. The molecular weight excluding hydrogens is 274 g/mol. The molecule has 108 valence electrons. The van der Waals surface area contributed by atoms with E-state index in [4.69, 9.17) is 4.74 Å². The van der Waals surface area contributed by atoms with Crippen LogP contribution in [0, 0.1) is 13.8 Å². The van der Waals surface area contributed by atoms with Crippen LogP contribution in [0.2, 0.25) is 0 Å². The zero-order valence-corrected chi connectivity index (χ0v) is 12.7. The summed E-state index contributed by atoms with van der Waals surface area (Å²) in [5.41, 5.74) is 2.16. The van der Waals surface area contributed by atoms with Gasteiger partial charge in [-0.1, -0.05) is 30.0 Å². The molecule has 2 rings (SSSR count). The molecule has 0 aliphatic carbocycles. The predicted octanol–water partition coefficient (Wildman–Crippen LogP) is 1.96. The number of nitrogens with zero attached hydrogens (tertiary/aromatic N) is 3. The fourth-order valence-corrected chi connectivity index (χ4v) is 2.62. The maximum absolute atomic E-state index is 9.98. The lowest BCUT2D eigenvalue weighted by molar-refractivity contribution is 0.125. The van der Waals surface area contributed by atoms with Crippen LogP contribution >= 0.6 is 11.8 Å². The van der Waals surface area contributed by atoms with Gasteiger partial charge in [-0.25, -0.2) is 0 Å². The second-order valence-electron chi connectivity index (χ2n) is 4.72. The Morgan fingerprint density at radius 2 is 2.05 bits per heavy atom. The third-order valence-electron chi connectivity index (χ3n) is 2.90. The maximum Gasteiger partial charge on any atom is 0.190 e. The van der Waals surface area contributed by atoms with Crippen molar-refractivity contribution in [1.82, 2.24) is 14.8 Å². The van der Waals surface area contributed by atoms with Crippen molar-refractivity contribution in [2.45, 2.75) is 25.1 Å². The predicted molar refractivity (Wildman–Crippen MR) is 79.1 cm³/mol. The van der Waals surface area contributed by atoms with Crippen molar-refractivity contribution in [2.75, 3.05) is 12.4 Å². The lowest BCUT2D eigenvalue weighted by Gasteiger charge is -2.15. The molecular formula is C14H19N3O2S. The first-order chi connectivity index (χ1) is 9.58. The zero-order chi connectivity index (χ0) is 14.5. The summed E-state index contributed by atoms with van der Waals surface area (Å²) in [6, 6.07) is 6.00. The van der Waals surface area contributed by atoms with Gasteiger partial charge < -0.3 is 14.4 Å². The first kappa shape index (κ1) is 14.9. The summed E-state index contributed by atoms with van der Waals surface area (Å²) in [6.45, 7) is 4.28. The van der Waals surface area contributed by atoms with E-state index < -0.39 is 6.10 Å². The number of aryl methyl sites for hydroxylation is 3. The molecule has 1 aromatic carbocycles. The number of aliphatic hydroxyl groups excluding tert-OH is 1. The number of benzene rings is 1. The van der Waals surface area contributed by atoms with Crippen LogP contribution in [0.5, 0.6) is 5.75 Å². The Balaban J connectivity index is 1.83. The molecule has 0 aliphatic heterocycles. The lowest BCUT2D eigenvalue weighted by atomic mass is 10.1. The molecule has 0 saturated carbocycles. The van der Waals surface area contributed by atoms with Crippen molar-refractivity contribution in [3.63, 3.8) is 0 Å². The van der Waals surface area contributed by atoms with Crippen molar-refractivity contribution >= 4 is 11.8 Å². The van der Waals surface area contributed by atoms with Crippen LogP contribution in [-0.2, 0) is 7.05 Å². The topological polar surface area (TPSA) is 60.2 Å². The highest BCUT2D eigenvalue weighted by Gasteiger charge is 2.11. The highest BCUT2D eigenvalue weighted by Crippen LogP contribution is 2.23. The molecule has 20 heavy (non-hydrogen) atoms. The van der Waals surface area contributed by atoms with Gasteiger partial charge in [-0.15, -0.1) is 10.2 Å². The summed E-state index contributed by atoms with van der Waals surface area (Å²) in [7, 11) is 1.88. The quantitative estimate of drug-likeness (QED) is 0.825. The van der Waals surface area contributed by atoms with E-state index in [0.717, 1.165) is 22.0 Å². The Hall–Kier alpha value is -1.53. The molecule has 2 aromatic rings. The molecule has 1 N–H and O–H groups in total. The van der Waals surface area contributed by atoms with Crippen LogP contribution in [0.3, 0.4) is 0 Å². The van der Waals surface area contributed by atoms with E-state index in [1.807, 2.05) is 43.7 Å². The van der Waals surface area contributed by atoms with Gasteiger partial charge in [0.2, 0.25) is 0 Å². The summed E-state index contributed by atoms with van der Waals surface area (Å²) < 4.78 is 7.55. The third-order valence-corrected chi connectivity index (χ3v) is 4.08. The van der Waals surface area contributed by atoms with E-state index in [9.17, 15) is 5.11 Å². The van der Waals surface area contributed by atoms with E-state index in [-0.39, 0.29) is 6.61 Å². The van der Waals surface area contributed by atoms with Crippen LogP contribution in [0.15, 0.2) is 29.7 Å². The number of hydrogen-bond acceptors (Lipinski definition) is 5. The monoisotopic (exact) mass is 293 g/mol. The van der Waals surface area contributed by atoms with Crippen LogP contribution in [0.4, 0.5) is 0 Å². The highest BCUT2D eigenvalue weighted by atomic mass is 32.2. The molecule has 6 heteroatoms. The van der Waals surface area contributed by atoms with E-state index in [0.29, 0.717) is 5.75 Å². The minimum Gasteiger partial charge on any atom is -0.490 e. The molecule has 1 aromatic heterocycles. The van der Waals surface area contributed by atoms with Gasteiger partial charge >= 0.3 is 0 Å². The number of ether oxygens (including phenoxy) is 1. The fraction of sp³-hybridized carbons (Fsp3) is 0.429. The molecule has 1 heterocycles. The summed E-state index contributed by atoms with van der Waals surface area (Å²) in [4.78, 5) is 0. The Kier molecular flexibility index (Phi) is 5.03. The largest absolute Gasteiger partial charge is 0.490 e. The highest BCUT2D eigenvalue weighted by molar-refractivity contribution is 7.99. The van der Waals surface area contributed by atoms with Gasteiger partial charge in [0.1, 0.15) is 18.7 Å². The number of aliphatic hydroxyl groups is 1. The van der Waals surface area contributed by atoms with Crippen LogP contribution in [0.1, 0.15) is 11.1 Å². The first-order valence-electron chi connectivity index (χ1n) is 6.42. The third kappa shape index (κ3) is 3.74. The molecule has 0 unspecified atom stereocenters. The second-order valence-corrected chi connectivity index (χ2v) is 5.71. The van der Waals surface area contributed by atoms with Gasteiger partial charge in [0.05, 0.1) is 6.10 Å². The van der Waals surface area contributed by atoms with Gasteiger partial charge in [-0.3, -0.25) is 0 Å². The second kappa shape index (κ2) is 6.76. The van der Waals surface area contributed by atoms with E-state index in [2.05, 4.69) is 10.2 Å². The fourth-order valence-electron chi connectivity index (χ4n) is 1.83. The van der Waals surface area contributed by atoms with Crippen LogP contribution in [0.25, 0.3) is 0 Å². The number of para-hydroxylation sites is 1. The number of thioether (sulfide) groups is 1. The molecule has 0 fully saturated rings. The molecule has 0 amide bonds. The summed E-state index contributed by atoms with van der Waals surface area (Å²) in [5, 5.41) is 18.5. The normalized spacial score (nSPS) is 12.4. The molecule has 0 saturated heterocycles. The molecule has 0 spiro atoms. The van der Waals surface area contributed by atoms with Gasteiger partial charge in [-0.05, 0) is 25.0 Å². The molecule has 1 atom stereocenters. The Morgan fingerprint density at radius 3 is 2.65 bits per heavy atom. The molecule has 0 aliphatic rings. The van der Waals surface area contributed by atoms with Crippen LogP contribution < -0.4 is 4.74 Å². The van der Waals surface area contributed by atoms with Crippen molar-refractivity contribution in [1.29, 1.82) is 0 Å². The van der Waals surface area contributed by atoms with Gasteiger partial charge in [0, 0.05) is 12.8 Å². The van der Waals surface area contributed by atoms with Crippen molar-refractivity contribution in [3.05, 3.63) is 35.7 Å². The average Bonchev–Trinajstić information content (AvgIpc) is 2.81. The Labute approximate surface area is 123 Å². The standard InChI is InChI=1S/C14H19N3O2S/c1-10-5-4-6-11(2)13(10)19-7-12(18)8-20-14-16-15-9-17(14)3/h4-6,9,12,18H,7-8H2,1-3H3/t12-/m0/s1. The van der Waals surface area contributed by atoms with Crippen LogP contribution in [-0.4, -0.2) is 38.3 Å². The smallest absolute Gasteiger partial charge is 0.190 e. The average molecular weight is 293 g/mol. The zero-order valence-electron chi connectivity index (χ0n) is 11.9. The summed E-state index contributed by atoms with van der Waals surface area (Å²) in [5.74, 6) is 1.38.